The Kier molecular flexibility index (Phi) is 7.33. The summed E-state index contributed by atoms with van der Waals surface area (Å²) in [5, 5.41) is 0. The predicted molar refractivity (Wildman–Crippen MR) is 125 cm³/mol. The van der Waals surface area contributed by atoms with Crippen LogP contribution in [-0.4, -0.2) is 54.3 Å². The van der Waals surface area contributed by atoms with Gasteiger partial charge in [-0.3, -0.25) is 14.7 Å². The van der Waals surface area contributed by atoms with E-state index >= 15 is 0 Å². The summed E-state index contributed by atoms with van der Waals surface area (Å²) in [7, 11) is 0. The fourth-order valence-electron chi connectivity index (χ4n) is 4.55. The van der Waals surface area contributed by atoms with Crippen LogP contribution in [0.3, 0.4) is 0 Å². The van der Waals surface area contributed by atoms with E-state index in [-0.39, 0.29) is 12.2 Å². The lowest BCUT2D eigenvalue weighted by Gasteiger charge is -2.32. The molecule has 32 heavy (non-hydrogen) atoms. The zero-order valence-electron chi connectivity index (χ0n) is 18.8. The molecule has 3 heterocycles. The van der Waals surface area contributed by atoms with Crippen LogP contribution in [0.25, 0.3) is 0 Å². The van der Waals surface area contributed by atoms with Gasteiger partial charge in [0.15, 0.2) is 11.5 Å². The zero-order chi connectivity index (χ0) is 22.3. The molecule has 1 aromatic heterocycles. The van der Waals surface area contributed by atoms with Crippen molar-refractivity contribution in [3.05, 3.63) is 45.9 Å². The molecular weight excluding hydrogens is 404 g/mol. The first-order chi connectivity index (χ1) is 15.7. The number of anilines is 1. The number of rotatable bonds is 8. The van der Waals surface area contributed by atoms with E-state index in [1.807, 2.05) is 19.1 Å². The third-order valence-corrected chi connectivity index (χ3v) is 6.19. The first-order valence-corrected chi connectivity index (χ1v) is 11.6. The number of aromatic nitrogens is 2. The minimum Gasteiger partial charge on any atom is -0.490 e. The molecule has 1 aromatic carbocycles. The summed E-state index contributed by atoms with van der Waals surface area (Å²) >= 11 is 0. The average molecular weight is 437 g/mol. The highest BCUT2D eigenvalue weighted by atomic mass is 16.5. The van der Waals surface area contributed by atoms with Crippen LogP contribution in [0.5, 0.6) is 11.5 Å². The molecule has 2 aliphatic rings. The van der Waals surface area contributed by atoms with Crippen molar-refractivity contribution in [3.8, 4) is 23.8 Å². The second-order valence-electron chi connectivity index (χ2n) is 8.45. The number of nitrogens with zero attached hydrogens (tertiary/aromatic N) is 3. The van der Waals surface area contributed by atoms with E-state index in [4.69, 9.17) is 20.9 Å². The van der Waals surface area contributed by atoms with Gasteiger partial charge < -0.3 is 14.4 Å². The second-order valence-corrected chi connectivity index (χ2v) is 8.45. The highest BCUT2D eigenvalue weighted by Gasteiger charge is 2.24. The third kappa shape index (κ3) is 5.43. The molecule has 1 N–H and O–H groups in total. The molecule has 4 rings (SSSR count). The lowest BCUT2D eigenvalue weighted by atomic mass is 9.93. The Balaban J connectivity index is 1.37. The van der Waals surface area contributed by atoms with Crippen LogP contribution in [0.4, 0.5) is 5.95 Å². The van der Waals surface area contributed by atoms with E-state index in [0.29, 0.717) is 18.3 Å². The van der Waals surface area contributed by atoms with Gasteiger partial charge in [0, 0.05) is 31.6 Å². The molecule has 0 saturated carbocycles. The van der Waals surface area contributed by atoms with Crippen molar-refractivity contribution in [2.24, 2.45) is 0 Å². The average Bonchev–Trinajstić information content (AvgIpc) is 3.34. The van der Waals surface area contributed by atoms with Crippen molar-refractivity contribution in [1.29, 1.82) is 0 Å². The number of benzene rings is 1. The largest absolute Gasteiger partial charge is 0.490 e. The highest BCUT2D eigenvalue weighted by Crippen LogP contribution is 2.31. The maximum atomic E-state index is 12.2. The number of terminal acetylenes is 1. The monoisotopic (exact) mass is 436 g/mol. The molecular formula is C25H32N4O3. The molecule has 0 amide bonds. The first-order valence-electron chi connectivity index (χ1n) is 11.6. The van der Waals surface area contributed by atoms with Crippen molar-refractivity contribution in [2.75, 3.05) is 44.3 Å². The molecule has 170 valence electrons. The molecule has 0 aliphatic carbocycles. The first kappa shape index (κ1) is 22.2. The number of H-pyrrole nitrogens is 1. The standard InChI is InChI=1S/C25H32N4O3/c1-3-15-32-22-8-7-19(16-23(22)31-4-2)18-28-13-9-20(10-14-28)21-17-24(30)27-25(26-21)29-11-5-6-12-29/h1,7-8,16-17,20H,4-6,9-15,18H2,2H3,(H,26,27,30). The molecule has 2 fully saturated rings. The minimum atomic E-state index is -0.0464. The number of hydrogen-bond acceptors (Lipinski definition) is 6. The Morgan fingerprint density at radius 2 is 1.91 bits per heavy atom. The van der Waals surface area contributed by atoms with E-state index in [0.717, 1.165) is 75.8 Å². The lowest BCUT2D eigenvalue weighted by Crippen LogP contribution is -2.33. The van der Waals surface area contributed by atoms with Gasteiger partial charge in [-0.2, -0.15) is 0 Å². The number of aromatic amines is 1. The van der Waals surface area contributed by atoms with Gasteiger partial charge >= 0.3 is 0 Å². The molecule has 0 unspecified atom stereocenters. The van der Waals surface area contributed by atoms with E-state index in [9.17, 15) is 4.79 Å². The predicted octanol–water partition coefficient (Wildman–Crippen LogP) is 3.16. The van der Waals surface area contributed by atoms with Crippen molar-refractivity contribution in [3.63, 3.8) is 0 Å². The zero-order valence-corrected chi connectivity index (χ0v) is 18.8. The molecule has 0 radical (unpaired) electrons. The maximum Gasteiger partial charge on any atom is 0.252 e. The van der Waals surface area contributed by atoms with Gasteiger partial charge in [-0.25, -0.2) is 4.98 Å². The summed E-state index contributed by atoms with van der Waals surface area (Å²) in [5.41, 5.74) is 2.07. The lowest BCUT2D eigenvalue weighted by molar-refractivity contribution is 0.202. The van der Waals surface area contributed by atoms with Crippen molar-refractivity contribution < 1.29 is 9.47 Å². The fraction of sp³-hybridized carbons (Fsp3) is 0.520. The van der Waals surface area contributed by atoms with Gasteiger partial charge in [-0.15, -0.1) is 6.42 Å². The van der Waals surface area contributed by atoms with Crippen LogP contribution in [0.15, 0.2) is 29.1 Å². The Hall–Kier alpha value is -2.98. The number of hydrogen-bond donors (Lipinski definition) is 1. The molecule has 2 aromatic rings. The molecule has 7 nitrogen and oxygen atoms in total. The quantitative estimate of drug-likeness (QED) is 0.641. The normalized spacial score (nSPS) is 17.3. The van der Waals surface area contributed by atoms with Crippen LogP contribution < -0.4 is 19.9 Å². The molecule has 7 heteroatoms. The Labute approximate surface area is 189 Å². The van der Waals surface area contributed by atoms with Gasteiger partial charge in [-0.1, -0.05) is 12.0 Å². The summed E-state index contributed by atoms with van der Waals surface area (Å²) in [6, 6.07) is 7.73. The second kappa shape index (κ2) is 10.6. The van der Waals surface area contributed by atoms with Crippen LogP contribution in [0.1, 0.15) is 49.8 Å². The molecule has 0 spiro atoms. The van der Waals surface area contributed by atoms with Crippen LogP contribution in [0, 0.1) is 12.3 Å². The summed E-state index contributed by atoms with van der Waals surface area (Å²) < 4.78 is 11.3. The van der Waals surface area contributed by atoms with Crippen molar-refractivity contribution in [2.45, 2.75) is 45.1 Å². The Morgan fingerprint density at radius 3 is 2.62 bits per heavy atom. The SMILES string of the molecule is C#CCOc1ccc(CN2CCC(c3cc(=O)[nH]c(N4CCCC4)n3)CC2)cc1OCC. The van der Waals surface area contributed by atoms with Gasteiger partial charge in [0.05, 0.1) is 12.3 Å². The Bertz CT molecular complexity index is 999. The van der Waals surface area contributed by atoms with E-state index < -0.39 is 0 Å². The van der Waals surface area contributed by atoms with Crippen LogP contribution >= 0.6 is 0 Å². The number of likely N-dealkylation sites (tertiary alicyclic amines) is 1. The smallest absolute Gasteiger partial charge is 0.252 e. The van der Waals surface area contributed by atoms with Gasteiger partial charge in [-0.05, 0) is 63.4 Å². The fourth-order valence-corrected chi connectivity index (χ4v) is 4.55. The molecule has 0 bridgehead atoms. The molecule has 0 atom stereocenters. The van der Waals surface area contributed by atoms with E-state index in [1.165, 1.54) is 5.56 Å². The topological polar surface area (TPSA) is 70.7 Å². The summed E-state index contributed by atoms with van der Waals surface area (Å²) in [6.45, 7) is 7.49. The summed E-state index contributed by atoms with van der Waals surface area (Å²) in [5.74, 6) is 4.97. The van der Waals surface area contributed by atoms with Gasteiger partial charge in [0.2, 0.25) is 5.95 Å². The van der Waals surface area contributed by atoms with Gasteiger partial charge in [0.1, 0.15) is 6.61 Å². The maximum absolute atomic E-state index is 12.2. The molecule has 2 saturated heterocycles. The van der Waals surface area contributed by atoms with Crippen molar-refractivity contribution >= 4 is 5.95 Å². The number of nitrogens with one attached hydrogen (secondary N) is 1. The van der Waals surface area contributed by atoms with Gasteiger partial charge in [0.25, 0.3) is 5.56 Å². The van der Waals surface area contributed by atoms with Crippen LogP contribution in [0.2, 0.25) is 0 Å². The highest BCUT2D eigenvalue weighted by molar-refractivity contribution is 5.43. The molecule has 2 aliphatic heterocycles. The van der Waals surface area contributed by atoms with Crippen molar-refractivity contribution in [1.82, 2.24) is 14.9 Å². The summed E-state index contributed by atoms with van der Waals surface area (Å²) in [6.07, 6.45) is 9.62. The number of piperidine rings is 1. The third-order valence-electron chi connectivity index (χ3n) is 6.19. The Morgan fingerprint density at radius 1 is 1.12 bits per heavy atom. The van der Waals surface area contributed by atoms with Crippen LogP contribution in [-0.2, 0) is 6.54 Å². The van der Waals surface area contributed by atoms with E-state index in [2.05, 4.69) is 26.8 Å². The van der Waals surface area contributed by atoms with E-state index in [1.54, 1.807) is 6.07 Å². The minimum absolute atomic E-state index is 0.0464. The number of ether oxygens (including phenoxy) is 2. The summed E-state index contributed by atoms with van der Waals surface area (Å²) in [4.78, 5) is 24.6.